The first-order valence-corrected chi connectivity index (χ1v) is 8.44. The fourth-order valence-electron chi connectivity index (χ4n) is 3.61. The van der Waals surface area contributed by atoms with Gasteiger partial charge in [0.05, 0.1) is 5.69 Å². The van der Waals surface area contributed by atoms with Crippen LogP contribution in [0.15, 0.2) is 59.7 Å². The maximum atomic E-state index is 13.1. The van der Waals surface area contributed by atoms with Crippen molar-refractivity contribution in [1.29, 1.82) is 0 Å². The normalized spacial score (nSPS) is 19.0. The van der Waals surface area contributed by atoms with Gasteiger partial charge in [0.1, 0.15) is 5.82 Å². The number of pyridine rings is 2. The van der Waals surface area contributed by atoms with Gasteiger partial charge in [0.15, 0.2) is 0 Å². The molecule has 25 heavy (non-hydrogen) atoms. The molecule has 2 atom stereocenters. The first kappa shape index (κ1) is 15.8. The molecule has 2 aromatic heterocycles. The van der Waals surface area contributed by atoms with Crippen molar-refractivity contribution in [1.82, 2.24) is 9.55 Å². The fraction of sp³-hybridized carbons (Fsp3) is 0.238. The largest absolute Gasteiger partial charge is 0.281 e. The molecule has 0 amide bonds. The minimum atomic E-state index is -0.216. The van der Waals surface area contributed by atoms with E-state index in [-0.39, 0.29) is 11.4 Å². The number of rotatable bonds is 3. The second kappa shape index (κ2) is 5.96. The topological polar surface area (TPSA) is 34.9 Å². The zero-order valence-corrected chi connectivity index (χ0v) is 14.2. The quantitative estimate of drug-likeness (QED) is 0.717. The summed E-state index contributed by atoms with van der Waals surface area (Å²) in [5.41, 5.74) is 4.94. The summed E-state index contributed by atoms with van der Waals surface area (Å²) in [4.78, 5) is 16.8. The van der Waals surface area contributed by atoms with Crippen LogP contribution in [0.4, 0.5) is 4.39 Å². The van der Waals surface area contributed by atoms with Crippen molar-refractivity contribution in [3.05, 3.63) is 93.4 Å². The summed E-state index contributed by atoms with van der Waals surface area (Å²) in [7, 11) is 0. The van der Waals surface area contributed by atoms with Crippen LogP contribution < -0.4 is 5.56 Å². The predicted molar refractivity (Wildman–Crippen MR) is 95.8 cm³/mol. The van der Waals surface area contributed by atoms with E-state index in [0.717, 1.165) is 34.5 Å². The Labute approximate surface area is 145 Å². The first-order chi connectivity index (χ1) is 12.0. The van der Waals surface area contributed by atoms with Crippen LogP contribution in [-0.4, -0.2) is 9.55 Å². The number of hydrogen-bond acceptors (Lipinski definition) is 2. The molecule has 0 spiro atoms. The molecule has 2 heterocycles. The summed E-state index contributed by atoms with van der Waals surface area (Å²) >= 11 is 0. The summed E-state index contributed by atoms with van der Waals surface area (Å²) in [5, 5.41) is 0. The van der Waals surface area contributed by atoms with E-state index < -0.39 is 0 Å². The molecule has 1 aliphatic carbocycles. The number of hydrogen-bond donors (Lipinski definition) is 0. The van der Waals surface area contributed by atoms with Crippen molar-refractivity contribution >= 4 is 0 Å². The van der Waals surface area contributed by atoms with E-state index >= 15 is 0 Å². The van der Waals surface area contributed by atoms with Crippen LogP contribution in [0.3, 0.4) is 0 Å². The second-order valence-electron chi connectivity index (χ2n) is 6.77. The van der Waals surface area contributed by atoms with E-state index in [1.54, 1.807) is 23.0 Å². The minimum Gasteiger partial charge on any atom is -0.281 e. The van der Waals surface area contributed by atoms with Gasteiger partial charge in [-0.25, -0.2) is 4.39 Å². The van der Waals surface area contributed by atoms with Crippen LogP contribution in [0.1, 0.15) is 40.6 Å². The Bertz CT molecular complexity index is 992. The van der Waals surface area contributed by atoms with Crippen molar-refractivity contribution in [2.24, 2.45) is 0 Å². The average Bonchev–Trinajstić information content (AvgIpc) is 3.37. The predicted octanol–water partition coefficient (Wildman–Crippen LogP) is 4.26. The maximum absolute atomic E-state index is 13.1. The van der Waals surface area contributed by atoms with Gasteiger partial charge in [-0.15, -0.1) is 0 Å². The first-order valence-electron chi connectivity index (χ1n) is 8.44. The molecule has 1 aliphatic rings. The molecular formula is C21H19FN2O. The molecule has 3 nitrogen and oxygen atoms in total. The Morgan fingerprint density at radius 2 is 1.76 bits per heavy atom. The van der Waals surface area contributed by atoms with Gasteiger partial charge in [-0.2, -0.15) is 0 Å². The summed E-state index contributed by atoms with van der Waals surface area (Å²) in [6.45, 7) is 3.91. The van der Waals surface area contributed by atoms with Crippen LogP contribution in [0, 0.1) is 19.7 Å². The molecule has 1 fully saturated rings. The molecule has 4 heteroatoms. The molecule has 4 rings (SSSR count). The highest BCUT2D eigenvalue weighted by Crippen LogP contribution is 2.54. The van der Waals surface area contributed by atoms with Crippen LogP contribution in [0.25, 0.3) is 5.69 Å². The number of halogens is 1. The average molecular weight is 334 g/mol. The van der Waals surface area contributed by atoms with Crippen molar-refractivity contribution in [3.63, 3.8) is 0 Å². The van der Waals surface area contributed by atoms with Gasteiger partial charge in [-0.05, 0) is 73.1 Å². The molecule has 3 aromatic rings. The lowest BCUT2D eigenvalue weighted by Crippen LogP contribution is -2.21. The van der Waals surface area contributed by atoms with Crippen LogP contribution >= 0.6 is 0 Å². The zero-order chi connectivity index (χ0) is 17.6. The van der Waals surface area contributed by atoms with Crippen LogP contribution in [-0.2, 0) is 0 Å². The molecule has 0 N–H and O–H groups in total. The second-order valence-corrected chi connectivity index (χ2v) is 6.77. The van der Waals surface area contributed by atoms with Gasteiger partial charge < -0.3 is 0 Å². The fourth-order valence-corrected chi connectivity index (χ4v) is 3.61. The summed E-state index contributed by atoms with van der Waals surface area (Å²) in [5.74, 6) is 0.495. The van der Waals surface area contributed by atoms with E-state index in [4.69, 9.17) is 0 Å². The SMILES string of the molecule is Cc1cnccc1-n1c(C)cc([C@H]2C[C@@H]2c2ccc(F)cc2)cc1=O. The third-order valence-corrected chi connectivity index (χ3v) is 4.99. The van der Waals surface area contributed by atoms with Gasteiger partial charge in [0.2, 0.25) is 0 Å². The van der Waals surface area contributed by atoms with Crippen molar-refractivity contribution in [3.8, 4) is 5.69 Å². The summed E-state index contributed by atoms with van der Waals surface area (Å²) in [6.07, 6.45) is 4.47. The minimum absolute atomic E-state index is 0.0194. The third-order valence-electron chi connectivity index (χ3n) is 4.99. The van der Waals surface area contributed by atoms with Gasteiger partial charge in [-0.1, -0.05) is 12.1 Å². The maximum Gasteiger partial charge on any atom is 0.255 e. The van der Waals surface area contributed by atoms with E-state index in [1.165, 1.54) is 12.1 Å². The Morgan fingerprint density at radius 3 is 2.44 bits per heavy atom. The molecule has 0 unspecified atom stereocenters. The summed E-state index contributed by atoms with van der Waals surface area (Å²) < 4.78 is 14.8. The van der Waals surface area contributed by atoms with Crippen molar-refractivity contribution in [2.75, 3.05) is 0 Å². The number of benzene rings is 1. The van der Waals surface area contributed by atoms with Gasteiger partial charge in [-0.3, -0.25) is 14.3 Å². The molecule has 0 aliphatic heterocycles. The Hall–Kier alpha value is -2.75. The number of nitrogens with zero attached hydrogens (tertiary/aromatic N) is 2. The number of aromatic nitrogens is 2. The number of aryl methyl sites for hydroxylation is 2. The van der Waals surface area contributed by atoms with Gasteiger partial charge >= 0.3 is 0 Å². The van der Waals surface area contributed by atoms with Crippen molar-refractivity contribution < 1.29 is 4.39 Å². The molecular weight excluding hydrogens is 315 g/mol. The van der Waals surface area contributed by atoms with Crippen molar-refractivity contribution in [2.45, 2.75) is 32.1 Å². The molecule has 0 radical (unpaired) electrons. The lowest BCUT2D eigenvalue weighted by atomic mass is 10.0. The highest BCUT2D eigenvalue weighted by Gasteiger charge is 2.39. The Balaban J connectivity index is 1.67. The van der Waals surface area contributed by atoms with Gasteiger partial charge in [0.25, 0.3) is 5.56 Å². The smallest absolute Gasteiger partial charge is 0.255 e. The highest BCUT2D eigenvalue weighted by molar-refractivity contribution is 5.42. The third kappa shape index (κ3) is 2.88. The molecule has 126 valence electrons. The Kier molecular flexibility index (Phi) is 3.75. The summed E-state index contributed by atoms with van der Waals surface area (Å²) in [6, 6.07) is 12.4. The lowest BCUT2D eigenvalue weighted by Gasteiger charge is -2.13. The van der Waals surface area contributed by atoms with E-state index in [2.05, 4.69) is 11.1 Å². The molecule has 0 saturated heterocycles. The Morgan fingerprint density at radius 1 is 1.04 bits per heavy atom. The van der Waals surface area contributed by atoms with E-state index in [1.807, 2.05) is 32.0 Å². The van der Waals surface area contributed by atoms with E-state index in [0.29, 0.717) is 11.8 Å². The molecule has 0 bridgehead atoms. The van der Waals surface area contributed by atoms with Crippen LogP contribution in [0.5, 0.6) is 0 Å². The highest BCUT2D eigenvalue weighted by atomic mass is 19.1. The zero-order valence-electron chi connectivity index (χ0n) is 14.2. The van der Waals surface area contributed by atoms with E-state index in [9.17, 15) is 9.18 Å². The monoisotopic (exact) mass is 334 g/mol. The van der Waals surface area contributed by atoms with Gasteiger partial charge in [0, 0.05) is 24.2 Å². The lowest BCUT2D eigenvalue weighted by molar-refractivity contribution is 0.627. The molecule has 1 saturated carbocycles. The molecule has 1 aromatic carbocycles. The standard InChI is InChI=1S/C21H19FN2O/c1-13-12-23-8-7-20(13)24-14(2)9-16(10-21(24)25)19-11-18(19)15-3-5-17(22)6-4-15/h3-10,12,18-19H,11H2,1-2H3/t18-,19-/m1/s1. The van der Waals surface area contributed by atoms with Crippen LogP contribution in [0.2, 0.25) is 0 Å².